The predicted octanol–water partition coefficient (Wildman–Crippen LogP) is 5.07. The second-order valence-corrected chi connectivity index (χ2v) is 10.7. The van der Waals surface area contributed by atoms with Crippen LogP contribution >= 0.6 is 0 Å². The molecule has 0 amide bonds. The highest BCUT2D eigenvalue weighted by atomic mass is 16.6. The molecule has 3 aromatic rings. The largest absolute Gasteiger partial charge is 0.494 e. The molecule has 10 heteroatoms. The lowest BCUT2D eigenvalue weighted by molar-refractivity contribution is -0.385. The number of rotatable bonds is 11. The summed E-state index contributed by atoms with van der Waals surface area (Å²) in [5.74, 6) is -2.86. The maximum Gasteiger partial charge on any atom is 0.312 e. The Hall–Kier alpha value is -4.31. The van der Waals surface area contributed by atoms with Gasteiger partial charge in [-0.15, -0.1) is 0 Å². The lowest BCUT2D eigenvalue weighted by atomic mass is 9.50. The zero-order valence-electron chi connectivity index (χ0n) is 23.3. The molecule has 2 heterocycles. The van der Waals surface area contributed by atoms with E-state index in [1.165, 1.54) is 18.2 Å². The Kier molecular flexibility index (Phi) is 8.72. The molecule has 5 atom stereocenters. The van der Waals surface area contributed by atoms with E-state index in [4.69, 9.17) is 4.74 Å². The Balaban J connectivity index is 1.68. The third-order valence-corrected chi connectivity index (χ3v) is 8.71. The van der Waals surface area contributed by atoms with Crippen molar-refractivity contribution in [1.82, 2.24) is 10.3 Å². The van der Waals surface area contributed by atoms with Gasteiger partial charge in [0.25, 0.3) is 5.69 Å². The minimum atomic E-state index is -1.64. The fourth-order valence-corrected chi connectivity index (χ4v) is 6.57. The molecule has 0 saturated carbocycles. The molecule has 1 aliphatic rings. The van der Waals surface area contributed by atoms with Gasteiger partial charge in [-0.05, 0) is 68.0 Å². The normalized spacial score (nSPS) is 25.8. The molecule has 1 fully saturated rings. The van der Waals surface area contributed by atoms with Gasteiger partial charge >= 0.3 is 11.9 Å². The van der Waals surface area contributed by atoms with Crippen LogP contribution in [-0.4, -0.2) is 50.7 Å². The molecule has 41 heavy (non-hydrogen) atoms. The number of nitrogens with one attached hydrogen (secondary N) is 1. The molecule has 10 nitrogen and oxygen atoms in total. The smallest absolute Gasteiger partial charge is 0.312 e. The maximum atomic E-state index is 13.3. The van der Waals surface area contributed by atoms with Gasteiger partial charge in [0.05, 0.1) is 22.4 Å². The highest BCUT2D eigenvalue weighted by molar-refractivity contribution is 5.84. The van der Waals surface area contributed by atoms with Gasteiger partial charge in [-0.1, -0.05) is 37.3 Å². The van der Waals surface area contributed by atoms with E-state index in [1.54, 1.807) is 39.2 Å². The molecular formula is C31H35N3O7. The topological polar surface area (TPSA) is 152 Å². The first-order chi connectivity index (χ1) is 19.6. The van der Waals surface area contributed by atoms with Gasteiger partial charge in [0, 0.05) is 42.5 Å². The molecule has 1 aromatic heterocycles. The summed E-state index contributed by atoms with van der Waals surface area (Å²) in [6.45, 7) is 5.17. The fraction of sp³-hybridized carbons (Fsp3) is 0.387. The predicted molar refractivity (Wildman–Crippen MR) is 152 cm³/mol. The summed E-state index contributed by atoms with van der Waals surface area (Å²) in [5, 5.41) is 36.3. The summed E-state index contributed by atoms with van der Waals surface area (Å²) in [4.78, 5) is 41.4. The monoisotopic (exact) mass is 561 g/mol. The number of carboxylic acid groups (broad SMARTS) is 2. The number of ether oxygens (including phenoxy) is 1. The molecule has 5 unspecified atom stereocenters. The third kappa shape index (κ3) is 5.52. The average molecular weight is 562 g/mol. The second kappa shape index (κ2) is 12.1. The van der Waals surface area contributed by atoms with Gasteiger partial charge in [0.15, 0.2) is 0 Å². The Labute approximate surface area is 238 Å². The van der Waals surface area contributed by atoms with Crippen molar-refractivity contribution in [2.24, 2.45) is 10.8 Å². The third-order valence-electron chi connectivity index (χ3n) is 8.71. The SMILES string of the molecule is CCC1(C(=O)O)C(C)NC(C)C(CCOc2ccc(Cc3cccnc3)cc2)(C(=O)O)C1c1cccc([N+](=O)[O-])c1. The number of aliphatic carboxylic acids is 2. The van der Waals surface area contributed by atoms with Crippen LogP contribution in [0.5, 0.6) is 5.75 Å². The number of benzene rings is 2. The minimum absolute atomic E-state index is 0.000503. The van der Waals surface area contributed by atoms with E-state index in [2.05, 4.69) is 10.3 Å². The Bertz CT molecular complexity index is 1400. The molecular weight excluding hydrogens is 526 g/mol. The second-order valence-electron chi connectivity index (χ2n) is 10.7. The van der Waals surface area contributed by atoms with Crippen molar-refractivity contribution in [3.8, 4) is 5.75 Å². The Morgan fingerprint density at radius 2 is 1.68 bits per heavy atom. The number of carbonyl (C=O) groups is 2. The quantitative estimate of drug-likeness (QED) is 0.215. The van der Waals surface area contributed by atoms with E-state index in [-0.39, 0.29) is 25.1 Å². The van der Waals surface area contributed by atoms with E-state index in [1.807, 2.05) is 36.4 Å². The first kappa shape index (κ1) is 29.7. The Morgan fingerprint density at radius 3 is 2.27 bits per heavy atom. The summed E-state index contributed by atoms with van der Waals surface area (Å²) in [5.41, 5.74) is -0.969. The van der Waals surface area contributed by atoms with Gasteiger partial charge in [-0.2, -0.15) is 0 Å². The molecule has 216 valence electrons. The highest BCUT2D eigenvalue weighted by Crippen LogP contribution is 2.58. The number of nitro groups is 1. The zero-order chi connectivity index (χ0) is 29.8. The number of hydrogen-bond donors (Lipinski definition) is 3. The zero-order valence-corrected chi connectivity index (χ0v) is 23.3. The van der Waals surface area contributed by atoms with Crippen LogP contribution in [0.2, 0.25) is 0 Å². The number of aromatic nitrogens is 1. The molecule has 0 spiro atoms. The van der Waals surface area contributed by atoms with Crippen molar-refractivity contribution < 1.29 is 29.5 Å². The van der Waals surface area contributed by atoms with Crippen molar-refractivity contribution in [1.29, 1.82) is 0 Å². The van der Waals surface area contributed by atoms with Crippen molar-refractivity contribution in [2.45, 2.75) is 58.0 Å². The van der Waals surface area contributed by atoms with Gasteiger partial charge in [-0.3, -0.25) is 24.7 Å². The number of piperidine rings is 1. The minimum Gasteiger partial charge on any atom is -0.494 e. The lowest BCUT2D eigenvalue weighted by Gasteiger charge is -2.57. The van der Waals surface area contributed by atoms with Crippen LogP contribution in [0.3, 0.4) is 0 Å². The molecule has 0 bridgehead atoms. The summed E-state index contributed by atoms with van der Waals surface area (Å²) in [6.07, 6.45) is 4.32. The highest BCUT2D eigenvalue weighted by Gasteiger charge is 2.66. The first-order valence-electron chi connectivity index (χ1n) is 13.6. The number of carboxylic acids is 2. The molecule has 2 aromatic carbocycles. The number of nitro benzene ring substituents is 1. The molecule has 1 saturated heterocycles. The van der Waals surface area contributed by atoms with Crippen LogP contribution < -0.4 is 10.1 Å². The summed E-state index contributed by atoms with van der Waals surface area (Å²) in [6, 6.07) is 15.8. The summed E-state index contributed by atoms with van der Waals surface area (Å²) < 4.78 is 6.01. The van der Waals surface area contributed by atoms with Gasteiger partial charge in [0.1, 0.15) is 5.75 Å². The first-order valence-corrected chi connectivity index (χ1v) is 13.6. The lowest BCUT2D eigenvalue weighted by Crippen LogP contribution is -2.69. The van der Waals surface area contributed by atoms with Crippen LogP contribution in [0.4, 0.5) is 5.69 Å². The van der Waals surface area contributed by atoms with Crippen LogP contribution in [0, 0.1) is 20.9 Å². The van der Waals surface area contributed by atoms with E-state index in [0.717, 1.165) is 11.1 Å². The number of non-ortho nitro benzene ring substituents is 1. The van der Waals surface area contributed by atoms with E-state index < -0.39 is 45.7 Å². The maximum absolute atomic E-state index is 13.3. The van der Waals surface area contributed by atoms with E-state index in [9.17, 15) is 29.9 Å². The Morgan fingerprint density at radius 1 is 1.00 bits per heavy atom. The van der Waals surface area contributed by atoms with E-state index >= 15 is 0 Å². The van der Waals surface area contributed by atoms with Gasteiger partial charge in [-0.25, -0.2) is 0 Å². The van der Waals surface area contributed by atoms with Crippen molar-refractivity contribution in [3.05, 3.63) is 99.9 Å². The van der Waals surface area contributed by atoms with Crippen molar-refractivity contribution >= 4 is 17.6 Å². The standard InChI is InChI=1S/C31H35N3O7/c1-4-30(28(35)36)20(2)33-21(3)31(29(37)38,27(30)24-8-5-9-25(18-24)34(39)40)14-16-41-26-12-10-22(11-13-26)17-23-7-6-15-32-19-23/h5-13,15,18-21,27,33H,4,14,16-17H2,1-3H3,(H,35,36)(H,37,38). The van der Waals surface area contributed by atoms with Crippen molar-refractivity contribution in [2.75, 3.05) is 6.61 Å². The molecule has 0 aliphatic carbocycles. The average Bonchev–Trinajstić information content (AvgIpc) is 2.95. The van der Waals surface area contributed by atoms with Gasteiger partial charge in [0.2, 0.25) is 0 Å². The summed E-state index contributed by atoms with van der Waals surface area (Å²) in [7, 11) is 0. The van der Waals surface area contributed by atoms with Crippen molar-refractivity contribution in [3.63, 3.8) is 0 Å². The number of nitrogens with zero attached hydrogens (tertiary/aromatic N) is 2. The summed E-state index contributed by atoms with van der Waals surface area (Å²) >= 11 is 0. The van der Waals surface area contributed by atoms with Crippen LogP contribution in [0.1, 0.15) is 56.2 Å². The molecule has 3 N–H and O–H groups in total. The van der Waals surface area contributed by atoms with E-state index in [0.29, 0.717) is 17.7 Å². The van der Waals surface area contributed by atoms with Gasteiger partial charge < -0.3 is 20.3 Å². The fourth-order valence-electron chi connectivity index (χ4n) is 6.57. The van der Waals surface area contributed by atoms with Crippen LogP contribution in [0.25, 0.3) is 0 Å². The number of hydrogen-bond acceptors (Lipinski definition) is 7. The molecule has 0 radical (unpaired) electrons. The number of pyridine rings is 1. The van der Waals surface area contributed by atoms with Crippen LogP contribution in [0.15, 0.2) is 73.1 Å². The van der Waals surface area contributed by atoms with Crippen LogP contribution in [-0.2, 0) is 16.0 Å². The molecule has 4 rings (SSSR count). The molecule has 1 aliphatic heterocycles.